The molecule has 2 rings (SSSR count). The number of rotatable bonds is 6. The minimum atomic E-state index is 0.619. The number of anilines is 1. The van der Waals surface area contributed by atoms with Crippen molar-refractivity contribution < 1.29 is 0 Å². The van der Waals surface area contributed by atoms with E-state index in [0.717, 1.165) is 6.54 Å². The van der Waals surface area contributed by atoms with Crippen molar-refractivity contribution in [3.8, 4) is 0 Å². The summed E-state index contributed by atoms with van der Waals surface area (Å²) in [6, 6.07) is 9.69. The summed E-state index contributed by atoms with van der Waals surface area (Å²) in [4.78, 5) is 2.48. The van der Waals surface area contributed by atoms with E-state index in [1.807, 2.05) is 0 Å². The number of nitrogens with one attached hydrogen (secondary N) is 1. The predicted octanol–water partition coefficient (Wildman–Crippen LogP) is 3.57. The molecule has 0 saturated carbocycles. The van der Waals surface area contributed by atoms with Crippen LogP contribution in [0.3, 0.4) is 0 Å². The van der Waals surface area contributed by atoms with Crippen LogP contribution in [0.1, 0.15) is 45.1 Å². The summed E-state index contributed by atoms with van der Waals surface area (Å²) < 4.78 is 0. The van der Waals surface area contributed by atoms with Gasteiger partial charge in [0.2, 0.25) is 0 Å². The summed E-state index contributed by atoms with van der Waals surface area (Å²) in [7, 11) is 0. The van der Waals surface area contributed by atoms with Gasteiger partial charge in [0, 0.05) is 31.4 Å². The smallest absolute Gasteiger partial charge is 0.0366 e. The molecule has 1 aromatic rings. The fourth-order valence-electron chi connectivity index (χ4n) is 2.63. The Morgan fingerprint density at radius 2 is 1.83 bits per heavy atom. The number of hydrogen-bond acceptors (Lipinski definition) is 2. The topological polar surface area (TPSA) is 15.3 Å². The van der Waals surface area contributed by atoms with Gasteiger partial charge in [-0.05, 0) is 43.9 Å². The van der Waals surface area contributed by atoms with Crippen LogP contribution in [0.4, 0.5) is 5.69 Å². The highest BCUT2D eigenvalue weighted by Crippen LogP contribution is 2.20. The second-order valence-corrected chi connectivity index (χ2v) is 5.43. The third-order valence-electron chi connectivity index (χ3n) is 3.78. The predicted molar refractivity (Wildman–Crippen MR) is 79.1 cm³/mol. The molecule has 1 heterocycles. The van der Waals surface area contributed by atoms with Gasteiger partial charge in [-0.15, -0.1) is 0 Å². The minimum Gasteiger partial charge on any atom is -0.372 e. The van der Waals surface area contributed by atoms with Crippen molar-refractivity contribution in [3.63, 3.8) is 0 Å². The van der Waals surface area contributed by atoms with E-state index in [0.29, 0.717) is 6.04 Å². The molecule has 0 aromatic heterocycles. The molecular formula is C16H26N2. The van der Waals surface area contributed by atoms with Crippen molar-refractivity contribution in [3.05, 3.63) is 29.8 Å². The summed E-state index contributed by atoms with van der Waals surface area (Å²) in [5, 5.41) is 3.58. The Morgan fingerprint density at radius 1 is 1.17 bits per heavy atom. The maximum Gasteiger partial charge on any atom is 0.0366 e. The van der Waals surface area contributed by atoms with Crippen LogP contribution in [0.15, 0.2) is 24.3 Å². The molecule has 1 atom stereocenters. The van der Waals surface area contributed by atoms with Gasteiger partial charge >= 0.3 is 0 Å². The second-order valence-electron chi connectivity index (χ2n) is 5.43. The highest BCUT2D eigenvalue weighted by Gasteiger charge is 2.11. The van der Waals surface area contributed by atoms with Crippen LogP contribution in [-0.4, -0.2) is 19.1 Å². The lowest BCUT2D eigenvalue weighted by atomic mass is 10.1. The fourth-order valence-corrected chi connectivity index (χ4v) is 2.63. The zero-order valence-electron chi connectivity index (χ0n) is 11.8. The van der Waals surface area contributed by atoms with Gasteiger partial charge in [-0.2, -0.15) is 0 Å². The third kappa shape index (κ3) is 3.74. The monoisotopic (exact) mass is 246 g/mol. The Kier molecular flexibility index (Phi) is 5.06. The van der Waals surface area contributed by atoms with E-state index in [4.69, 9.17) is 0 Å². The Morgan fingerprint density at radius 3 is 2.44 bits per heavy atom. The molecule has 2 nitrogen and oxygen atoms in total. The lowest BCUT2D eigenvalue weighted by Crippen LogP contribution is -2.25. The zero-order valence-corrected chi connectivity index (χ0v) is 11.8. The maximum absolute atomic E-state index is 3.58. The SMILES string of the molecule is CCCC(C)NCc1ccc(N2CCCC2)cc1. The van der Waals surface area contributed by atoms with Gasteiger partial charge in [0.1, 0.15) is 0 Å². The zero-order chi connectivity index (χ0) is 12.8. The quantitative estimate of drug-likeness (QED) is 0.825. The molecule has 1 saturated heterocycles. The van der Waals surface area contributed by atoms with E-state index in [1.54, 1.807) is 0 Å². The highest BCUT2D eigenvalue weighted by atomic mass is 15.1. The minimum absolute atomic E-state index is 0.619. The average Bonchev–Trinajstić information content (AvgIpc) is 2.91. The molecule has 1 aliphatic heterocycles. The van der Waals surface area contributed by atoms with Crippen molar-refractivity contribution in [1.29, 1.82) is 0 Å². The molecule has 1 fully saturated rings. The van der Waals surface area contributed by atoms with Crippen molar-refractivity contribution in [2.45, 2.75) is 52.1 Å². The normalized spacial score (nSPS) is 17.1. The molecule has 1 aliphatic rings. The van der Waals surface area contributed by atoms with Crippen LogP contribution in [0.2, 0.25) is 0 Å². The van der Waals surface area contributed by atoms with Crippen molar-refractivity contribution in [2.75, 3.05) is 18.0 Å². The highest BCUT2D eigenvalue weighted by molar-refractivity contribution is 5.48. The lowest BCUT2D eigenvalue weighted by Gasteiger charge is -2.18. The van der Waals surface area contributed by atoms with Crippen LogP contribution in [0.25, 0.3) is 0 Å². The average molecular weight is 246 g/mol. The lowest BCUT2D eigenvalue weighted by molar-refractivity contribution is 0.508. The molecule has 1 aromatic carbocycles. The number of hydrogen-bond donors (Lipinski definition) is 1. The molecule has 1 unspecified atom stereocenters. The Balaban J connectivity index is 1.83. The molecule has 0 spiro atoms. The largest absolute Gasteiger partial charge is 0.372 e. The van der Waals surface area contributed by atoms with Gasteiger partial charge in [-0.25, -0.2) is 0 Å². The first-order valence-corrected chi connectivity index (χ1v) is 7.37. The van der Waals surface area contributed by atoms with Gasteiger partial charge in [0.05, 0.1) is 0 Å². The summed E-state index contributed by atoms with van der Waals surface area (Å²) >= 11 is 0. The first kappa shape index (κ1) is 13.4. The molecule has 0 radical (unpaired) electrons. The van der Waals surface area contributed by atoms with Crippen LogP contribution >= 0.6 is 0 Å². The van der Waals surface area contributed by atoms with Gasteiger partial charge in [0.15, 0.2) is 0 Å². The number of benzene rings is 1. The first-order valence-electron chi connectivity index (χ1n) is 7.37. The number of nitrogens with zero attached hydrogens (tertiary/aromatic N) is 1. The van der Waals surface area contributed by atoms with Gasteiger partial charge < -0.3 is 10.2 Å². The van der Waals surface area contributed by atoms with Crippen molar-refractivity contribution in [2.24, 2.45) is 0 Å². The molecule has 1 N–H and O–H groups in total. The van der Waals surface area contributed by atoms with E-state index < -0.39 is 0 Å². The summed E-state index contributed by atoms with van der Waals surface area (Å²) in [6.07, 6.45) is 5.20. The Labute approximate surface area is 111 Å². The maximum atomic E-state index is 3.58. The van der Waals surface area contributed by atoms with Crippen LogP contribution in [-0.2, 0) is 6.54 Å². The molecule has 0 bridgehead atoms. The van der Waals surface area contributed by atoms with Crippen LogP contribution < -0.4 is 10.2 Å². The van der Waals surface area contributed by atoms with Gasteiger partial charge in [0.25, 0.3) is 0 Å². The van der Waals surface area contributed by atoms with Crippen molar-refractivity contribution >= 4 is 5.69 Å². The second kappa shape index (κ2) is 6.79. The Hall–Kier alpha value is -1.02. The molecular weight excluding hydrogens is 220 g/mol. The summed E-state index contributed by atoms with van der Waals surface area (Å²) in [5.74, 6) is 0. The molecule has 100 valence electrons. The van der Waals surface area contributed by atoms with E-state index in [-0.39, 0.29) is 0 Å². The molecule has 2 heteroatoms. The molecule has 0 amide bonds. The third-order valence-corrected chi connectivity index (χ3v) is 3.78. The van der Waals surface area contributed by atoms with E-state index in [1.165, 1.54) is 50.0 Å². The van der Waals surface area contributed by atoms with E-state index in [2.05, 4.69) is 48.3 Å². The van der Waals surface area contributed by atoms with Crippen LogP contribution in [0, 0.1) is 0 Å². The summed E-state index contributed by atoms with van der Waals surface area (Å²) in [5.41, 5.74) is 2.78. The Bertz CT molecular complexity index is 339. The summed E-state index contributed by atoms with van der Waals surface area (Å²) in [6.45, 7) is 7.95. The van der Waals surface area contributed by atoms with E-state index >= 15 is 0 Å². The first-order chi connectivity index (χ1) is 8.79. The van der Waals surface area contributed by atoms with Gasteiger partial charge in [-0.3, -0.25) is 0 Å². The molecule has 18 heavy (non-hydrogen) atoms. The molecule has 0 aliphatic carbocycles. The van der Waals surface area contributed by atoms with Crippen LogP contribution in [0.5, 0.6) is 0 Å². The fraction of sp³-hybridized carbons (Fsp3) is 0.625. The van der Waals surface area contributed by atoms with E-state index in [9.17, 15) is 0 Å². The van der Waals surface area contributed by atoms with Gasteiger partial charge in [-0.1, -0.05) is 25.5 Å². The van der Waals surface area contributed by atoms with Crippen molar-refractivity contribution in [1.82, 2.24) is 5.32 Å². The standard InChI is InChI=1S/C16H26N2/c1-3-6-14(2)17-13-15-7-9-16(10-8-15)18-11-4-5-12-18/h7-10,14,17H,3-6,11-13H2,1-2H3.